The molecule has 96 valence electrons. The lowest BCUT2D eigenvalue weighted by molar-refractivity contribution is -0.0434. The van der Waals surface area contributed by atoms with Gasteiger partial charge >= 0.3 is 0 Å². The Hall–Kier alpha value is -0.120. The molecule has 3 nitrogen and oxygen atoms in total. The Kier molecular flexibility index (Phi) is 4.77. The Balaban J connectivity index is 2.37. The van der Waals surface area contributed by atoms with Crippen molar-refractivity contribution < 1.29 is 4.74 Å². The molecule has 0 aromatic heterocycles. The summed E-state index contributed by atoms with van der Waals surface area (Å²) in [6.07, 6.45) is 3.05. The van der Waals surface area contributed by atoms with Crippen LogP contribution in [0.3, 0.4) is 0 Å². The first-order valence-electron chi connectivity index (χ1n) is 6.37. The fourth-order valence-electron chi connectivity index (χ4n) is 2.12. The van der Waals surface area contributed by atoms with Gasteiger partial charge in [-0.1, -0.05) is 0 Å². The van der Waals surface area contributed by atoms with Crippen molar-refractivity contribution in [3.05, 3.63) is 0 Å². The first kappa shape index (κ1) is 13.9. The quantitative estimate of drug-likeness (QED) is 0.795. The third-order valence-corrected chi connectivity index (χ3v) is 3.73. The first-order valence-corrected chi connectivity index (χ1v) is 6.37. The number of hydrogen-bond acceptors (Lipinski definition) is 3. The van der Waals surface area contributed by atoms with E-state index in [1.165, 1.54) is 0 Å². The largest absolute Gasteiger partial charge is 0.375 e. The lowest BCUT2D eigenvalue weighted by Gasteiger charge is -2.37. The predicted molar refractivity (Wildman–Crippen MR) is 68.8 cm³/mol. The van der Waals surface area contributed by atoms with Crippen LogP contribution in [0.5, 0.6) is 0 Å². The minimum absolute atomic E-state index is 0.213. The highest BCUT2D eigenvalue weighted by Crippen LogP contribution is 2.19. The molecular formula is C13H28N2O. The molecule has 0 aromatic carbocycles. The number of likely N-dealkylation sites (N-methyl/N-ethyl adjacent to an activating group) is 1. The highest BCUT2D eigenvalue weighted by Gasteiger charge is 2.27. The van der Waals surface area contributed by atoms with Crippen LogP contribution in [0.1, 0.15) is 40.5 Å². The number of ether oxygens (including phenoxy) is 1. The summed E-state index contributed by atoms with van der Waals surface area (Å²) in [4.78, 5) is 2.27. The van der Waals surface area contributed by atoms with E-state index in [1.807, 2.05) is 0 Å². The molecule has 1 saturated heterocycles. The molecule has 1 aliphatic rings. The van der Waals surface area contributed by atoms with E-state index in [0.29, 0.717) is 18.2 Å². The molecule has 2 atom stereocenters. The maximum absolute atomic E-state index is 5.75. The maximum atomic E-state index is 5.75. The normalized spacial score (nSPS) is 32.1. The van der Waals surface area contributed by atoms with Crippen molar-refractivity contribution in [1.29, 1.82) is 0 Å². The minimum Gasteiger partial charge on any atom is -0.375 e. The third-order valence-electron chi connectivity index (χ3n) is 3.73. The van der Waals surface area contributed by atoms with Gasteiger partial charge in [0.05, 0.1) is 12.2 Å². The van der Waals surface area contributed by atoms with Crippen LogP contribution in [0.15, 0.2) is 0 Å². The van der Waals surface area contributed by atoms with Crippen molar-refractivity contribution in [2.75, 3.05) is 20.6 Å². The summed E-state index contributed by atoms with van der Waals surface area (Å²) in [7, 11) is 4.27. The Morgan fingerprint density at radius 3 is 2.12 bits per heavy atom. The second-order valence-corrected chi connectivity index (χ2v) is 6.01. The molecule has 0 aliphatic carbocycles. The second-order valence-electron chi connectivity index (χ2n) is 6.01. The lowest BCUT2D eigenvalue weighted by Crippen LogP contribution is -2.51. The number of hydrogen-bond donors (Lipinski definition) is 1. The van der Waals surface area contributed by atoms with Gasteiger partial charge in [0.2, 0.25) is 0 Å². The predicted octanol–water partition coefficient (Wildman–Crippen LogP) is 1.87. The van der Waals surface area contributed by atoms with Gasteiger partial charge in [0.1, 0.15) is 0 Å². The highest BCUT2D eigenvalue weighted by atomic mass is 16.5. The Labute approximate surface area is 101 Å². The molecule has 1 N–H and O–H groups in total. The van der Waals surface area contributed by atoms with Gasteiger partial charge in [-0.15, -0.1) is 0 Å². The molecule has 0 bridgehead atoms. The summed E-state index contributed by atoms with van der Waals surface area (Å²) >= 11 is 0. The molecule has 1 aliphatic heterocycles. The van der Waals surface area contributed by atoms with Gasteiger partial charge in [0, 0.05) is 18.1 Å². The van der Waals surface area contributed by atoms with Crippen molar-refractivity contribution >= 4 is 0 Å². The van der Waals surface area contributed by atoms with E-state index in [4.69, 9.17) is 4.74 Å². The van der Waals surface area contributed by atoms with Gasteiger partial charge in [0.25, 0.3) is 0 Å². The fourth-order valence-corrected chi connectivity index (χ4v) is 2.12. The molecule has 0 aromatic rings. The molecule has 0 radical (unpaired) electrons. The summed E-state index contributed by atoms with van der Waals surface area (Å²) in [5.74, 6) is 0. The molecule has 3 heteroatoms. The average Bonchev–Trinajstić information content (AvgIpc) is 2.13. The van der Waals surface area contributed by atoms with Crippen molar-refractivity contribution in [1.82, 2.24) is 10.2 Å². The van der Waals surface area contributed by atoms with E-state index >= 15 is 0 Å². The number of nitrogens with zero attached hydrogens (tertiary/aromatic N) is 1. The fraction of sp³-hybridized carbons (Fsp3) is 1.00. The van der Waals surface area contributed by atoms with E-state index in [2.05, 4.69) is 52.0 Å². The molecule has 2 unspecified atom stereocenters. The van der Waals surface area contributed by atoms with Gasteiger partial charge < -0.3 is 15.0 Å². The zero-order chi connectivity index (χ0) is 12.3. The molecule has 16 heavy (non-hydrogen) atoms. The Morgan fingerprint density at radius 1 is 1.19 bits per heavy atom. The minimum atomic E-state index is 0.213. The monoisotopic (exact) mass is 228 g/mol. The second kappa shape index (κ2) is 5.48. The van der Waals surface area contributed by atoms with Gasteiger partial charge in [0.15, 0.2) is 0 Å². The maximum Gasteiger partial charge on any atom is 0.0565 e. The van der Waals surface area contributed by atoms with Crippen LogP contribution in [-0.4, -0.2) is 49.3 Å². The summed E-state index contributed by atoms with van der Waals surface area (Å²) in [6, 6.07) is 0.609. The van der Waals surface area contributed by atoms with Gasteiger partial charge in [-0.3, -0.25) is 0 Å². The molecule has 1 fully saturated rings. The molecule has 0 spiro atoms. The van der Waals surface area contributed by atoms with E-state index in [0.717, 1.165) is 19.4 Å². The molecule has 1 heterocycles. The summed E-state index contributed by atoms with van der Waals surface area (Å²) in [5, 5.41) is 3.68. The van der Waals surface area contributed by atoms with E-state index in [9.17, 15) is 0 Å². The van der Waals surface area contributed by atoms with E-state index < -0.39 is 0 Å². The van der Waals surface area contributed by atoms with Crippen LogP contribution >= 0.6 is 0 Å². The van der Waals surface area contributed by atoms with Crippen LogP contribution in [0, 0.1) is 0 Å². The van der Waals surface area contributed by atoms with Crippen LogP contribution in [0.25, 0.3) is 0 Å². The first-order chi connectivity index (χ1) is 7.31. The van der Waals surface area contributed by atoms with Crippen LogP contribution < -0.4 is 5.32 Å². The van der Waals surface area contributed by atoms with Crippen molar-refractivity contribution in [3.8, 4) is 0 Å². The van der Waals surface area contributed by atoms with Crippen LogP contribution in [-0.2, 0) is 4.74 Å². The standard InChI is InChI=1S/C13H28N2O/c1-10-7-12(8-11(2)16-10)14-9-13(3,4)15(5)6/h10-12,14H,7-9H2,1-6H3. The third kappa shape index (κ3) is 4.04. The smallest absolute Gasteiger partial charge is 0.0565 e. The molecule has 0 amide bonds. The molecule has 0 saturated carbocycles. The summed E-state index contributed by atoms with van der Waals surface area (Å²) < 4.78 is 5.75. The van der Waals surface area contributed by atoms with Gasteiger partial charge in [-0.05, 0) is 54.6 Å². The highest BCUT2D eigenvalue weighted by molar-refractivity contribution is 4.85. The zero-order valence-electron chi connectivity index (χ0n) is 11.7. The lowest BCUT2D eigenvalue weighted by atomic mass is 9.97. The van der Waals surface area contributed by atoms with E-state index in [-0.39, 0.29) is 5.54 Å². The average molecular weight is 228 g/mol. The number of nitrogens with one attached hydrogen (secondary N) is 1. The van der Waals surface area contributed by atoms with Crippen LogP contribution in [0.2, 0.25) is 0 Å². The Morgan fingerprint density at radius 2 is 1.69 bits per heavy atom. The van der Waals surface area contributed by atoms with Crippen molar-refractivity contribution in [2.24, 2.45) is 0 Å². The SMILES string of the molecule is CC1CC(NCC(C)(C)N(C)C)CC(C)O1. The van der Waals surface area contributed by atoms with Gasteiger partial charge in [-0.25, -0.2) is 0 Å². The van der Waals surface area contributed by atoms with E-state index in [1.54, 1.807) is 0 Å². The summed E-state index contributed by atoms with van der Waals surface area (Å²) in [5.41, 5.74) is 0.213. The zero-order valence-corrected chi connectivity index (χ0v) is 11.7. The van der Waals surface area contributed by atoms with Crippen molar-refractivity contribution in [3.63, 3.8) is 0 Å². The molecular weight excluding hydrogens is 200 g/mol. The molecule has 1 rings (SSSR count). The Bertz CT molecular complexity index is 206. The topological polar surface area (TPSA) is 24.5 Å². The van der Waals surface area contributed by atoms with Crippen molar-refractivity contribution in [2.45, 2.75) is 64.3 Å². The number of rotatable bonds is 4. The van der Waals surface area contributed by atoms with Gasteiger partial charge in [-0.2, -0.15) is 0 Å². The van der Waals surface area contributed by atoms with Crippen LogP contribution in [0.4, 0.5) is 0 Å². The summed E-state index contributed by atoms with van der Waals surface area (Å²) in [6.45, 7) is 9.91.